The maximum absolute atomic E-state index is 11.0. The Morgan fingerprint density at radius 3 is 2.78 bits per heavy atom. The Bertz CT molecular complexity index is 400. The van der Waals surface area contributed by atoms with Gasteiger partial charge in [0.05, 0.1) is 0 Å². The molecular formula is C14H19NO3. The molecule has 4 nitrogen and oxygen atoms in total. The number of nitrogens with one attached hydrogen (secondary N) is 1. The highest BCUT2D eigenvalue weighted by atomic mass is 16.5. The average Bonchev–Trinajstić information content (AvgIpc) is 2.88. The first-order chi connectivity index (χ1) is 8.77. The summed E-state index contributed by atoms with van der Waals surface area (Å²) in [6.45, 7) is 1.26. The third-order valence-electron chi connectivity index (χ3n) is 3.27. The van der Waals surface area contributed by atoms with E-state index < -0.39 is 5.97 Å². The lowest BCUT2D eigenvalue weighted by Crippen LogP contribution is -2.30. The van der Waals surface area contributed by atoms with Gasteiger partial charge in [0, 0.05) is 12.6 Å². The fourth-order valence-corrected chi connectivity index (χ4v) is 2.32. The Morgan fingerprint density at radius 1 is 1.33 bits per heavy atom. The van der Waals surface area contributed by atoms with E-state index in [0.717, 1.165) is 6.54 Å². The predicted octanol–water partition coefficient (Wildman–Crippen LogP) is 2.30. The van der Waals surface area contributed by atoms with E-state index in [1.54, 1.807) is 24.3 Å². The van der Waals surface area contributed by atoms with Gasteiger partial charge in [0.1, 0.15) is 17.9 Å². The zero-order valence-corrected chi connectivity index (χ0v) is 10.4. The minimum atomic E-state index is -0.950. The van der Waals surface area contributed by atoms with Crippen LogP contribution in [0, 0.1) is 0 Å². The molecule has 98 valence electrons. The molecule has 0 amide bonds. The summed E-state index contributed by atoms with van der Waals surface area (Å²) in [7, 11) is 0. The van der Waals surface area contributed by atoms with Crippen molar-refractivity contribution < 1.29 is 14.6 Å². The van der Waals surface area contributed by atoms with Crippen LogP contribution in [0.1, 0.15) is 36.0 Å². The van der Waals surface area contributed by atoms with Gasteiger partial charge in [-0.05, 0) is 25.0 Å². The molecule has 1 aromatic rings. The molecule has 1 saturated carbocycles. The van der Waals surface area contributed by atoms with Crippen LogP contribution in [-0.2, 0) is 0 Å². The maximum atomic E-state index is 11.0. The molecule has 0 atom stereocenters. The molecule has 0 aliphatic heterocycles. The molecule has 2 rings (SSSR count). The van der Waals surface area contributed by atoms with E-state index in [1.807, 2.05) is 0 Å². The van der Waals surface area contributed by atoms with Crippen LogP contribution in [0.3, 0.4) is 0 Å². The molecule has 0 aromatic heterocycles. The lowest BCUT2D eigenvalue weighted by molar-refractivity contribution is 0.0692. The topological polar surface area (TPSA) is 58.6 Å². The SMILES string of the molecule is O=C(O)c1ccccc1OCCNC1CCCC1. The van der Waals surface area contributed by atoms with Gasteiger partial charge in [-0.15, -0.1) is 0 Å². The van der Waals surface area contributed by atoms with Gasteiger partial charge in [-0.3, -0.25) is 0 Å². The van der Waals surface area contributed by atoms with Crippen molar-refractivity contribution in [2.45, 2.75) is 31.7 Å². The number of para-hydroxylation sites is 1. The van der Waals surface area contributed by atoms with Crippen molar-refractivity contribution in [2.75, 3.05) is 13.2 Å². The zero-order chi connectivity index (χ0) is 12.8. The minimum absolute atomic E-state index is 0.221. The lowest BCUT2D eigenvalue weighted by Gasteiger charge is -2.13. The summed E-state index contributed by atoms with van der Waals surface area (Å²) in [5, 5.41) is 12.4. The molecule has 1 aromatic carbocycles. The number of carbonyl (C=O) groups is 1. The van der Waals surface area contributed by atoms with Crippen LogP contribution >= 0.6 is 0 Å². The van der Waals surface area contributed by atoms with Gasteiger partial charge in [0.25, 0.3) is 0 Å². The second-order valence-electron chi connectivity index (χ2n) is 4.59. The van der Waals surface area contributed by atoms with Crippen molar-refractivity contribution in [3.63, 3.8) is 0 Å². The molecule has 1 fully saturated rings. The van der Waals surface area contributed by atoms with Crippen LogP contribution in [0.25, 0.3) is 0 Å². The molecule has 4 heteroatoms. The number of hydrogen-bond acceptors (Lipinski definition) is 3. The summed E-state index contributed by atoms with van der Waals surface area (Å²) in [4.78, 5) is 11.0. The second kappa shape index (κ2) is 6.40. The van der Waals surface area contributed by atoms with Crippen LogP contribution < -0.4 is 10.1 Å². The number of carboxylic acid groups (broad SMARTS) is 1. The molecule has 0 saturated heterocycles. The Kier molecular flexibility index (Phi) is 4.59. The first-order valence-corrected chi connectivity index (χ1v) is 6.46. The van der Waals surface area contributed by atoms with Gasteiger partial charge in [-0.25, -0.2) is 4.79 Å². The van der Waals surface area contributed by atoms with Gasteiger partial charge in [0.15, 0.2) is 0 Å². The van der Waals surface area contributed by atoms with Gasteiger partial charge in [-0.1, -0.05) is 25.0 Å². The normalized spacial score (nSPS) is 15.8. The van der Waals surface area contributed by atoms with Crippen LogP contribution in [0.15, 0.2) is 24.3 Å². The molecule has 1 aliphatic carbocycles. The smallest absolute Gasteiger partial charge is 0.339 e. The molecule has 0 spiro atoms. The van der Waals surface area contributed by atoms with Crippen molar-refractivity contribution in [1.29, 1.82) is 0 Å². The number of ether oxygens (including phenoxy) is 1. The van der Waals surface area contributed by atoms with Crippen LogP contribution in [-0.4, -0.2) is 30.3 Å². The van der Waals surface area contributed by atoms with Crippen LogP contribution in [0.4, 0.5) is 0 Å². The highest BCUT2D eigenvalue weighted by Gasteiger charge is 2.14. The number of carboxylic acids is 1. The van der Waals surface area contributed by atoms with Gasteiger partial charge in [0.2, 0.25) is 0 Å². The Balaban J connectivity index is 1.77. The van der Waals surface area contributed by atoms with E-state index in [4.69, 9.17) is 9.84 Å². The van der Waals surface area contributed by atoms with Crippen LogP contribution in [0.2, 0.25) is 0 Å². The van der Waals surface area contributed by atoms with E-state index in [0.29, 0.717) is 18.4 Å². The quantitative estimate of drug-likeness (QED) is 0.759. The summed E-state index contributed by atoms with van der Waals surface area (Å²) in [6.07, 6.45) is 5.10. The number of benzene rings is 1. The Labute approximate surface area is 107 Å². The van der Waals surface area contributed by atoms with Crippen molar-refractivity contribution in [3.05, 3.63) is 29.8 Å². The van der Waals surface area contributed by atoms with E-state index in [-0.39, 0.29) is 5.56 Å². The van der Waals surface area contributed by atoms with Gasteiger partial charge < -0.3 is 15.2 Å². The fourth-order valence-electron chi connectivity index (χ4n) is 2.32. The summed E-state index contributed by atoms with van der Waals surface area (Å²) in [5.41, 5.74) is 0.221. The highest BCUT2D eigenvalue weighted by Crippen LogP contribution is 2.18. The third-order valence-corrected chi connectivity index (χ3v) is 3.27. The van der Waals surface area contributed by atoms with E-state index in [1.165, 1.54) is 25.7 Å². The molecule has 0 radical (unpaired) electrons. The van der Waals surface area contributed by atoms with E-state index >= 15 is 0 Å². The molecule has 0 bridgehead atoms. The first-order valence-electron chi connectivity index (χ1n) is 6.46. The van der Waals surface area contributed by atoms with Gasteiger partial charge in [-0.2, -0.15) is 0 Å². The fraction of sp³-hybridized carbons (Fsp3) is 0.500. The minimum Gasteiger partial charge on any atom is -0.491 e. The van der Waals surface area contributed by atoms with Crippen molar-refractivity contribution in [3.8, 4) is 5.75 Å². The molecule has 0 unspecified atom stereocenters. The molecule has 18 heavy (non-hydrogen) atoms. The number of aromatic carboxylic acids is 1. The Morgan fingerprint density at radius 2 is 2.06 bits per heavy atom. The standard InChI is InChI=1S/C14H19NO3/c16-14(17)12-7-3-4-8-13(12)18-10-9-15-11-5-1-2-6-11/h3-4,7-8,11,15H,1-2,5-6,9-10H2,(H,16,17). The molecule has 0 heterocycles. The number of hydrogen-bond donors (Lipinski definition) is 2. The summed E-state index contributed by atoms with van der Waals surface area (Å²) in [5.74, 6) is -0.507. The highest BCUT2D eigenvalue weighted by molar-refractivity contribution is 5.90. The molecule has 1 aliphatic rings. The zero-order valence-electron chi connectivity index (χ0n) is 10.4. The number of rotatable bonds is 6. The lowest BCUT2D eigenvalue weighted by atomic mass is 10.2. The van der Waals surface area contributed by atoms with Crippen molar-refractivity contribution >= 4 is 5.97 Å². The van der Waals surface area contributed by atoms with Crippen LogP contribution in [0.5, 0.6) is 5.75 Å². The third kappa shape index (κ3) is 3.47. The summed E-state index contributed by atoms with van der Waals surface area (Å²) >= 11 is 0. The molecular weight excluding hydrogens is 230 g/mol. The second-order valence-corrected chi connectivity index (χ2v) is 4.59. The monoisotopic (exact) mass is 249 g/mol. The first kappa shape index (κ1) is 12.9. The maximum Gasteiger partial charge on any atom is 0.339 e. The summed E-state index contributed by atoms with van der Waals surface area (Å²) < 4.78 is 5.51. The van der Waals surface area contributed by atoms with Crippen molar-refractivity contribution in [2.24, 2.45) is 0 Å². The van der Waals surface area contributed by atoms with Gasteiger partial charge >= 0.3 is 5.97 Å². The van der Waals surface area contributed by atoms with Crippen molar-refractivity contribution in [1.82, 2.24) is 5.32 Å². The van der Waals surface area contributed by atoms with E-state index in [2.05, 4.69) is 5.32 Å². The Hall–Kier alpha value is -1.55. The molecule has 2 N–H and O–H groups in total. The van der Waals surface area contributed by atoms with E-state index in [9.17, 15) is 4.79 Å². The average molecular weight is 249 g/mol. The predicted molar refractivity (Wildman–Crippen MR) is 69.2 cm³/mol. The summed E-state index contributed by atoms with van der Waals surface area (Å²) in [6, 6.07) is 7.35. The largest absolute Gasteiger partial charge is 0.491 e.